The summed E-state index contributed by atoms with van der Waals surface area (Å²) >= 11 is 1.40. The molecule has 0 saturated carbocycles. The van der Waals surface area contributed by atoms with Crippen molar-refractivity contribution in [2.24, 2.45) is 0 Å². The van der Waals surface area contributed by atoms with Crippen LogP contribution in [-0.4, -0.2) is 28.5 Å². The molecule has 0 unspecified atom stereocenters. The molecule has 3 aromatic rings. The second kappa shape index (κ2) is 7.56. The normalized spacial score (nSPS) is 14.2. The molecule has 1 N–H and O–H groups in total. The zero-order valence-electron chi connectivity index (χ0n) is 15.2. The van der Waals surface area contributed by atoms with E-state index in [1.165, 1.54) is 11.3 Å². The van der Waals surface area contributed by atoms with Gasteiger partial charge in [0.05, 0.1) is 12.1 Å². The fourth-order valence-electron chi connectivity index (χ4n) is 3.36. The van der Waals surface area contributed by atoms with E-state index < -0.39 is 0 Å². The standard InChI is InChI=1S/C19H22N4O3S/c1-13-4-5-14(26-13)12-20-16(24)6-10-23-18(25)17-15(7-11-27-17)21-19(23)22-8-2-3-9-22/h4-5,7,11H,2-3,6,8-10,12H2,1H3,(H,20,24). The number of rotatable bonds is 6. The number of aryl methyl sites for hydroxylation is 1. The highest BCUT2D eigenvalue weighted by Gasteiger charge is 2.21. The number of anilines is 1. The zero-order valence-corrected chi connectivity index (χ0v) is 16.1. The molecular weight excluding hydrogens is 364 g/mol. The van der Waals surface area contributed by atoms with E-state index >= 15 is 0 Å². The van der Waals surface area contributed by atoms with Crippen molar-refractivity contribution in [3.05, 3.63) is 45.5 Å². The van der Waals surface area contributed by atoms with E-state index in [0.717, 1.165) is 43.0 Å². The Hall–Kier alpha value is -2.61. The predicted molar refractivity (Wildman–Crippen MR) is 105 cm³/mol. The highest BCUT2D eigenvalue weighted by Crippen LogP contribution is 2.22. The first-order valence-electron chi connectivity index (χ1n) is 9.17. The summed E-state index contributed by atoms with van der Waals surface area (Å²) in [6.07, 6.45) is 2.42. The third-order valence-electron chi connectivity index (χ3n) is 4.75. The van der Waals surface area contributed by atoms with Crippen molar-refractivity contribution in [3.63, 3.8) is 0 Å². The molecule has 0 radical (unpaired) electrons. The molecule has 4 heterocycles. The SMILES string of the molecule is Cc1ccc(CNC(=O)CCn2c(N3CCCC3)nc3ccsc3c2=O)o1. The average molecular weight is 386 g/mol. The van der Waals surface area contributed by atoms with Crippen LogP contribution >= 0.6 is 11.3 Å². The lowest BCUT2D eigenvalue weighted by atomic mass is 10.3. The summed E-state index contributed by atoms with van der Waals surface area (Å²) < 4.78 is 7.75. The topological polar surface area (TPSA) is 80.4 Å². The fourth-order valence-corrected chi connectivity index (χ4v) is 4.14. The number of fused-ring (bicyclic) bond motifs is 1. The summed E-state index contributed by atoms with van der Waals surface area (Å²) in [4.78, 5) is 32.0. The summed E-state index contributed by atoms with van der Waals surface area (Å²) in [6.45, 7) is 4.32. The molecule has 1 aliphatic rings. The van der Waals surface area contributed by atoms with Crippen molar-refractivity contribution < 1.29 is 9.21 Å². The van der Waals surface area contributed by atoms with Gasteiger partial charge in [0.1, 0.15) is 16.2 Å². The van der Waals surface area contributed by atoms with Crippen molar-refractivity contribution in [2.75, 3.05) is 18.0 Å². The Balaban J connectivity index is 1.50. The van der Waals surface area contributed by atoms with Crippen LogP contribution in [0.2, 0.25) is 0 Å². The minimum absolute atomic E-state index is 0.0636. The van der Waals surface area contributed by atoms with Crippen LogP contribution in [0.4, 0.5) is 5.95 Å². The van der Waals surface area contributed by atoms with E-state index in [1.807, 2.05) is 30.5 Å². The largest absolute Gasteiger partial charge is 0.465 e. The lowest BCUT2D eigenvalue weighted by Gasteiger charge is -2.21. The number of hydrogen-bond acceptors (Lipinski definition) is 6. The van der Waals surface area contributed by atoms with E-state index in [9.17, 15) is 9.59 Å². The summed E-state index contributed by atoms with van der Waals surface area (Å²) in [5.74, 6) is 2.10. The van der Waals surface area contributed by atoms with E-state index in [0.29, 0.717) is 23.7 Å². The summed E-state index contributed by atoms with van der Waals surface area (Å²) in [5, 5.41) is 4.73. The van der Waals surface area contributed by atoms with Gasteiger partial charge in [0, 0.05) is 26.1 Å². The summed E-state index contributed by atoms with van der Waals surface area (Å²) in [5.41, 5.74) is 0.673. The van der Waals surface area contributed by atoms with Gasteiger partial charge >= 0.3 is 0 Å². The number of nitrogens with zero attached hydrogens (tertiary/aromatic N) is 3. The third kappa shape index (κ3) is 3.75. The van der Waals surface area contributed by atoms with Gasteiger partial charge in [0.25, 0.3) is 5.56 Å². The zero-order chi connectivity index (χ0) is 18.8. The first-order chi connectivity index (χ1) is 13.1. The molecular formula is C19H22N4O3S. The van der Waals surface area contributed by atoms with Crippen LogP contribution in [0.3, 0.4) is 0 Å². The molecule has 0 aliphatic carbocycles. The molecule has 0 aromatic carbocycles. The Morgan fingerprint density at radius 1 is 1.30 bits per heavy atom. The maximum atomic E-state index is 12.9. The number of furan rings is 1. The van der Waals surface area contributed by atoms with Crippen molar-refractivity contribution in [3.8, 4) is 0 Å². The Morgan fingerprint density at radius 3 is 2.85 bits per heavy atom. The minimum Gasteiger partial charge on any atom is -0.465 e. The highest BCUT2D eigenvalue weighted by molar-refractivity contribution is 7.17. The number of amides is 1. The maximum absolute atomic E-state index is 12.9. The number of aromatic nitrogens is 2. The maximum Gasteiger partial charge on any atom is 0.272 e. The Labute approximate surface area is 160 Å². The van der Waals surface area contributed by atoms with E-state index in [1.54, 1.807) is 4.57 Å². The van der Waals surface area contributed by atoms with Gasteiger partial charge in [0.2, 0.25) is 11.9 Å². The molecule has 7 nitrogen and oxygen atoms in total. The molecule has 1 saturated heterocycles. The average Bonchev–Trinajstić information content (AvgIpc) is 3.40. The minimum atomic E-state index is -0.116. The van der Waals surface area contributed by atoms with Crippen molar-refractivity contribution in [1.29, 1.82) is 0 Å². The molecule has 4 rings (SSSR count). The van der Waals surface area contributed by atoms with Gasteiger partial charge in [-0.2, -0.15) is 0 Å². The van der Waals surface area contributed by atoms with Crippen molar-refractivity contribution >= 4 is 33.4 Å². The molecule has 8 heteroatoms. The summed E-state index contributed by atoms with van der Waals surface area (Å²) in [7, 11) is 0. The Morgan fingerprint density at radius 2 is 2.11 bits per heavy atom. The second-order valence-electron chi connectivity index (χ2n) is 6.74. The monoisotopic (exact) mass is 386 g/mol. The molecule has 142 valence electrons. The number of thiophene rings is 1. The third-order valence-corrected chi connectivity index (χ3v) is 5.64. The van der Waals surface area contributed by atoms with Gasteiger partial charge in [-0.15, -0.1) is 11.3 Å². The van der Waals surface area contributed by atoms with Gasteiger partial charge in [-0.05, 0) is 43.3 Å². The second-order valence-corrected chi connectivity index (χ2v) is 7.65. The van der Waals surface area contributed by atoms with Gasteiger partial charge < -0.3 is 14.6 Å². The van der Waals surface area contributed by atoms with Crippen LogP contribution in [-0.2, 0) is 17.9 Å². The van der Waals surface area contributed by atoms with Crippen molar-refractivity contribution in [1.82, 2.24) is 14.9 Å². The number of hydrogen-bond donors (Lipinski definition) is 1. The van der Waals surface area contributed by atoms with Gasteiger partial charge in [-0.25, -0.2) is 4.98 Å². The van der Waals surface area contributed by atoms with E-state index in [-0.39, 0.29) is 17.9 Å². The van der Waals surface area contributed by atoms with Crippen LogP contribution in [0.1, 0.15) is 30.8 Å². The van der Waals surface area contributed by atoms with Crippen LogP contribution in [0.5, 0.6) is 0 Å². The number of carbonyl (C=O) groups is 1. The molecule has 27 heavy (non-hydrogen) atoms. The molecule has 3 aromatic heterocycles. The van der Waals surface area contributed by atoms with Crippen LogP contribution in [0.25, 0.3) is 10.2 Å². The van der Waals surface area contributed by atoms with Crippen LogP contribution in [0, 0.1) is 6.92 Å². The predicted octanol–water partition coefficient (Wildman–Crippen LogP) is 2.67. The molecule has 1 aliphatic heterocycles. The van der Waals surface area contributed by atoms with Crippen LogP contribution in [0.15, 0.2) is 32.8 Å². The molecule has 1 fully saturated rings. The van der Waals surface area contributed by atoms with E-state index in [2.05, 4.69) is 10.2 Å². The van der Waals surface area contributed by atoms with Gasteiger partial charge in [-0.1, -0.05) is 0 Å². The lowest BCUT2D eigenvalue weighted by molar-refractivity contribution is -0.121. The first kappa shape index (κ1) is 17.8. The summed E-state index contributed by atoms with van der Waals surface area (Å²) in [6, 6.07) is 5.59. The quantitative estimate of drug-likeness (QED) is 0.704. The van der Waals surface area contributed by atoms with E-state index in [4.69, 9.17) is 9.40 Å². The molecule has 0 spiro atoms. The Kier molecular flexibility index (Phi) is 4.98. The number of nitrogens with one attached hydrogen (secondary N) is 1. The van der Waals surface area contributed by atoms with Gasteiger partial charge in [0.15, 0.2) is 0 Å². The molecule has 0 bridgehead atoms. The first-order valence-corrected chi connectivity index (χ1v) is 10.0. The lowest BCUT2D eigenvalue weighted by Crippen LogP contribution is -2.32. The fraction of sp³-hybridized carbons (Fsp3) is 0.421. The Bertz CT molecular complexity index is 1010. The molecule has 0 atom stereocenters. The van der Waals surface area contributed by atoms with Crippen molar-refractivity contribution in [2.45, 2.75) is 39.3 Å². The number of carbonyl (C=O) groups excluding carboxylic acids is 1. The highest BCUT2D eigenvalue weighted by atomic mass is 32.1. The molecule has 1 amide bonds. The smallest absolute Gasteiger partial charge is 0.272 e. The van der Waals surface area contributed by atoms with Gasteiger partial charge in [-0.3, -0.25) is 14.2 Å². The van der Waals surface area contributed by atoms with Crippen LogP contribution < -0.4 is 15.8 Å².